The molecule has 0 aliphatic carbocycles. The van der Waals surface area contributed by atoms with Crippen molar-refractivity contribution in [2.24, 2.45) is 0 Å². The summed E-state index contributed by atoms with van der Waals surface area (Å²) in [5.41, 5.74) is 2.32. The van der Waals surface area contributed by atoms with Crippen molar-refractivity contribution >= 4 is 11.9 Å². The number of carbonyl (C=O) groups is 2. The third-order valence-corrected chi connectivity index (χ3v) is 4.19. The van der Waals surface area contributed by atoms with Crippen LogP contribution in [0.1, 0.15) is 59.1 Å². The predicted molar refractivity (Wildman–Crippen MR) is 106 cm³/mol. The van der Waals surface area contributed by atoms with Crippen LogP contribution in [0.15, 0.2) is 48.5 Å². The van der Waals surface area contributed by atoms with Gasteiger partial charge < -0.3 is 9.47 Å². The minimum absolute atomic E-state index is 0.0227. The molecular formula is C23H28O4. The van der Waals surface area contributed by atoms with Gasteiger partial charge in [0, 0.05) is 0 Å². The SMILES string of the molecule is CC(C)(C)c1ccc(OC(=O)CC(=O)Oc2ccc(C(C)(C)C)cc2)cc1. The maximum absolute atomic E-state index is 12.0. The molecule has 0 radical (unpaired) electrons. The monoisotopic (exact) mass is 368 g/mol. The molecule has 144 valence electrons. The Labute approximate surface area is 161 Å². The molecule has 2 aromatic carbocycles. The molecule has 0 unspecified atom stereocenters. The van der Waals surface area contributed by atoms with E-state index in [9.17, 15) is 9.59 Å². The van der Waals surface area contributed by atoms with E-state index in [0.717, 1.165) is 11.1 Å². The van der Waals surface area contributed by atoms with Crippen LogP contribution >= 0.6 is 0 Å². The van der Waals surface area contributed by atoms with Crippen LogP contribution in [0.4, 0.5) is 0 Å². The lowest BCUT2D eigenvalue weighted by Gasteiger charge is -2.19. The zero-order valence-corrected chi connectivity index (χ0v) is 17.0. The van der Waals surface area contributed by atoms with Crippen molar-refractivity contribution < 1.29 is 19.1 Å². The van der Waals surface area contributed by atoms with E-state index >= 15 is 0 Å². The first-order valence-corrected chi connectivity index (χ1v) is 9.07. The van der Waals surface area contributed by atoms with Crippen LogP contribution in [-0.4, -0.2) is 11.9 Å². The molecule has 4 heteroatoms. The Hall–Kier alpha value is -2.62. The fraction of sp³-hybridized carbons (Fsp3) is 0.391. The van der Waals surface area contributed by atoms with Crippen molar-refractivity contribution in [1.29, 1.82) is 0 Å². The summed E-state index contributed by atoms with van der Waals surface area (Å²) in [6, 6.07) is 14.6. The smallest absolute Gasteiger partial charge is 0.322 e. The van der Waals surface area contributed by atoms with Crippen molar-refractivity contribution in [3.63, 3.8) is 0 Å². The van der Waals surface area contributed by atoms with Gasteiger partial charge in [0.15, 0.2) is 0 Å². The van der Waals surface area contributed by atoms with Gasteiger partial charge in [-0.2, -0.15) is 0 Å². The minimum Gasteiger partial charge on any atom is -0.426 e. The Kier molecular flexibility index (Phi) is 6.09. The number of hydrogen-bond donors (Lipinski definition) is 0. The molecule has 0 N–H and O–H groups in total. The lowest BCUT2D eigenvalue weighted by molar-refractivity contribution is -0.144. The number of rotatable bonds is 4. The lowest BCUT2D eigenvalue weighted by atomic mass is 9.87. The molecule has 27 heavy (non-hydrogen) atoms. The van der Waals surface area contributed by atoms with Gasteiger partial charge in [-0.1, -0.05) is 65.8 Å². The minimum atomic E-state index is -0.644. The van der Waals surface area contributed by atoms with Crippen molar-refractivity contribution in [3.05, 3.63) is 59.7 Å². The standard InChI is InChI=1S/C23H28O4/c1-22(2,3)16-7-11-18(12-8-16)26-20(24)15-21(25)27-19-13-9-17(10-14-19)23(4,5)6/h7-14H,15H2,1-6H3. The van der Waals surface area contributed by atoms with E-state index in [4.69, 9.17) is 9.47 Å². The van der Waals surface area contributed by atoms with Crippen LogP contribution in [0.2, 0.25) is 0 Å². The summed E-state index contributed by atoms with van der Waals surface area (Å²) in [5.74, 6) is -0.463. The summed E-state index contributed by atoms with van der Waals surface area (Å²) in [6.07, 6.45) is -0.442. The zero-order chi connectivity index (χ0) is 20.2. The van der Waals surface area contributed by atoms with Crippen LogP contribution in [0, 0.1) is 0 Å². The summed E-state index contributed by atoms with van der Waals surface area (Å²) >= 11 is 0. The second kappa shape index (κ2) is 7.95. The van der Waals surface area contributed by atoms with Crippen molar-refractivity contribution in [2.75, 3.05) is 0 Å². The molecular weight excluding hydrogens is 340 g/mol. The number of hydrogen-bond acceptors (Lipinski definition) is 4. The summed E-state index contributed by atoms with van der Waals surface area (Å²) in [4.78, 5) is 23.9. The topological polar surface area (TPSA) is 52.6 Å². The first kappa shape index (κ1) is 20.7. The maximum atomic E-state index is 12.0. The second-order valence-electron chi connectivity index (χ2n) is 8.67. The Bertz CT molecular complexity index is 719. The highest BCUT2D eigenvalue weighted by Gasteiger charge is 2.17. The summed E-state index contributed by atoms with van der Waals surface area (Å²) in [5, 5.41) is 0. The number of ether oxygens (including phenoxy) is 2. The Morgan fingerprint density at radius 3 is 1.19 bits per heavy atom. The number of esters is 2. The summed E-state index contributed by atoms with van der Waals surface area (Å²) in [6.45, 7) is 12.7. The quantitative estimate of drug-likeness (QED) is 0.424. The largest absolute Gasteiger partial charge is 0.426 e. The van der Waals surface area contributed by atoms with E-state index in [0.29, 0.717) is 11.5 Å². The van der Waals surface area contributed by atoms with E-state index in [1.165, 1.54) is 0 Å². The van der Waals surface area contributed by atoms with E-state index in [1.54, 1.807) is 24.3 Å². The van der Waals surface area contributed by atoms with Crippen LogP contribution < -0.4 is 9.47 Å². The fourth-order valence-electron chi connectivity index (χ4n) is 2.50. The van der Waals surface area contributed by atoms with Crippen molar-refractivity contribution in [1.82, 2.24) is 0 Å². The van der Waals surface area contributed by atoms with Gasteiger partial charge in [0.05, 0.1) is 0 Å². The lowest BCUT2D eigenvalue weighted by Crippen LogP contribution is -2.18. The molecule has 0 heterocycles. The molecule has 2 rings (SSSR count). The van der Waals surface area contributed by atoms with Crippen LogP contribution in [0.5, 0.6) is 11.5 Å². The van der Waals surface area contributed by atoms with Crippen LogP contribution in [-0.2, 0) is 20.4 Å². The van der Waals surface area contributed by atoms with E-state index in [2.05, 4.69) is 41.5 Å². The van der Waals surface area contributed by atoms with Crippen LogP contribution in [0.3, 0.4) is 0 Å². The van der Waals surface area contributed by atoms with Gasteiger partial charge in [-0.3, -0.25) is 9.59 Å². The third kappa shape index (κ3) is 6.24. The molecule has 4 nitrogen and oxygen atoms in total. The Morgan fingerprint density at radius 2 is 0.926 bits per heavy atom. The van der Waals surface area contributed by atoms with Crippen molar-refractivity contribution in [2.45, 2.75) is 58.8 Å². The molecule has 0 amide bonds. The summed E-state index contributed by atoms with van der Waals surface area (Å²) < 4.78 is 10.4. The molecule has 0 aromatic heterocycles. The summed E-state index contributed by atoms with van der Waals surface area (Å²) in [7, 11) is 0. The van der Waals surface area contributed by atoms with Crippen LogP contribution in [0.25, 0.3) is 0 Å². The van der Waals surface area contributed by atoms with Gasteiger partial charge >= 0.3 is 11.9 Å². The molecule has 0 saturated carbocycles. The average Bonchev–Trinajstić information content (AvgIpc) is 2.53. The fourth-order valence-corrected chi connectivity index (χ4v) is 2.50. The van der Waals surface area contributed by atoms with Gasteiger partial charge in [0.2, 0.25) is 0 Å². The predicted octanol–water partition coefficient (Wildman–Crippen LogP) is 5.18. The molecule has 0 atom stereocenters. The van der Waals surface area contributed by atoms with Gasteiger partial charge in [-0.15, -0.1) is 0 Å². The molecule has 2 aromatic rings. The molecule has 0 saturated heterocycles. The van der Waals surface area contributed by atoms with Gasteiger partial charge in [-0.25, -0.2) is 0 Å². The second-order valence-corrected chi connectivity index (χ2v) is 8.67. The highest BCUT2D eigenvalue weighted by Crippen LogP contribution is 2.25. The number of carbonyl (C=O) groups excluding carboxylic acids is 2. The van der Waals surface area contributed by atoms with Gasteiger partial charge in [0.1, 0.15) is 17.9 Å². The molecule has 0 aliphatic rings. The van der Waals surface area contributed by atoms with Gasteiger partial charge in [0.25, 0.3) is 0 Å². The first-order chi connectivity index (χ1) is 12.4. The molecule has 0 spiro atoms. The van der Waals surface area contributed by atoms with Gasteiger partial charge in [-0.05, 0) is 46.2 Å². The highest BCUT2D eigenvalue weighted by molar-refractivity contribution is 5.93. The first-order valence-electron chi connectivity index (χ1n) is 9.07. The maximum Gasteiger partial charge on any atom is 0.322 e. The van der Waals surface area contributed by atoms with E-state index in [-0.39, 0.29) is 10.8 Å². The number of benzene rings is 2. The van der Waals surface area contributed by atoms with Crippen molar-refractivity contribution in [3.8, 4) is 11.5 Å². The zero-order valence-electron chi connectivity index (χ0n) is 17.0. The highest BCUT2D eigenvalue weighted by atomic mass is 16.6. The molecule has 0 fully saturated rings. The molecule has 0 bridgehead atoms. The Morgan fingerprint density at radius 1 is 0.630 bits per heavy atom. The molecule has 0 aliphatic heterocycles. The van der Waals surface area contributed by atoms with E-state index < -0.39 is 18.4 Å². The third-order valence-electron chi connectivity index (χ3n) is 4.19. The van der Waals surface area contributed by atoms with E-state index in [1.807, 2.05) is 24.3 Å². The average molecular weight is 368 g/mol. The normalized spacial score (nSPS) is 11.8. The Balaban J connectivity index is 1.89.